The van der Waals surface area contributed by atoms with Crippen molar-refractivity contribution in [2.24, 2.45) is 0 Å². The Labute approximate surface area is 157 Å². The Morgan fingerprint density at radius 1 is 1.00 bits per heavy atom. The molecule has 0 saturated heterocycles. The molecule has 1 aromatic heterocycles. The van der Waals surface area contributed by atoms with Crippen LogP contribution in [0.3, 0.4) is 0 Å². The van der Waals surface area contributed by atoms with E-state index in [0.29, 0.717) is 5.56 Å². The zero-order valence-corrected chi connectivity index (χ0v) is 14.3. The lowest BCUT2D eigenvalue weighted by atomic mass is 10.2. The fraction of sp³-hybridized carbons (Fsp3) is 0.105. The Balaban J connectivity index is 1.68. The van der Waals surface area contributed by atoms with Crippen molar-refractivity contribution < 1.29 is 22.4 Å². The van der Waals surface area contributed by atoms with Gasteiger partial charge in [0, 0.05) is 18.3 Å². The number of carbonyl (C=O) groups excluding carboxylic acids is 1. The molecule has 0 aliphatic heterocycles. The summed E-state index contributed by atoms with van der Waals surface area (Å²) >= 11 is 0. The number of amides is 1. The Bertz CT molecular complexity index is 974. The number of hydrogen-bond donors (Lipinski definition) is 2. The third-order valence-electron chi connectivity index (χ3n) is 3.73. The van der Waals surface area contributed by atoms with Gasteiger partial charge in [0.25, 0.3) is 5.91 Å². The van der Waals surface area contributed by atoms with Crippen molar-refractivity contribution >= 4 is 17.4 Å². The molecule has 28 heavy (non-hydrogen) atoms. The number of halogens is 4. The van der Waals surface area contributed by atoms with Gasteiger partial charge in [0.2, 0.25) is 0 Å². The molecule has 1 amide bonds. The molecule has 0 fully saturated rings. The number of anilines is 2. The minimum Gasteiger partial charge on any atom is -0.347 e. The first-order valence-electron chi connectivity index (χ1n) is 8.10. The van der Waals surface area contributed by atoms with Crippen LogP contribution >= 0.6 is 0 Å². The molecule has 9 heteroatoms. The first-order chi connectivity index (χ1) is 13.3. The van der Waals surface area contributed by atoms with Gasteiger partial charge in [0.15, 0.2) is 0 Å². The van der Waals surface area contributed by atoms with Crippen LogP contribution in [0.15, 0.2) is 60.9 Å². The molecule has 0 saturated carbocycles. The molecule has 3 aromatic rings. The molecule has 0 bridgehead atoms. The van der Waals surface area contributed by atoms with Gasteiger partial charge in [-0.25, -0.2) is 14.4 Å². The second-order valence-corrected chi connectivity index (χ2v) is 5.80. The standard InChI is InChI=1S/C19H14F4N4O/c20-14-6-4-12(5-7-14)10-24-18(28)16-9-17(26-11-25-16)27-15-3-1-2-13(8-15)19(21,22)23/h1-9,11H,10H2,(H,24,28)(H,25,26,27). The fourth-order valence-corrected chi connectivity index (χ4v) is 2.35. The van der Waals surface area contributed by atoms with Crippen LogP contribution in [-0.4, -0.2) is 15.9 Å². The molecule has 0 aliphatic carbocycles. The highest BCUT2D eigenvalue weighted by Crippen LogP contribution is 2.31. The van der Waals surface area contributed by atoms with Gasteiger partial charge in [-0.05, 0) is 35.9 Å². The molecule has 3 rings (SSSR count). The summed E-state index contributed by atoms with van der Waals surface area (Å²) in [5.74, 6) is -0.712. The third kappa shape index (κ3) is 5.03. The van der Waals surface area contributed by atoms with E-state index in [4.69, 9.17) is 0 Å². The van der Waals surface area contributed by atoms with Gasteiger partial charge in [-0.15, -0.1) is 0 Å². The fourth-order valence-electron chi connectivity index (χ4n) is 2.35. The molecule has 1 heterocycles. The van der Waals surface area contributed by atoms with Crippen LogP contribution in [0.2, 0.25) is 0 Å². The van der Waals surface area contributed by atoms with E-state index < -0.39 is 17.6 Å². The van der Waals surface area contributed by atoms with Crippen LogP contribution in [0.25, 0.3) is 0 Å². The third-order valence-corrected chi connectivity index (χ3v) is 3.73. The van der Waals surface area contributed by atoms with E-state index in [1.165, 1.54) is 42.5 Å². The number of carbonyl (C=O) groups is 1. The summed E-state index contributed by atoms with van der Waals surface area (Å²) in [5.41, 5.74) is 0.104. The number of nitrogens with one attached hydrogen (secondary N) is 2. The monoisotopic (exact) mass is 390 g/mol. The lowest BCUT2D eigenvalue weighted by molar-refractivity contribution is -0.137. The van der Waals surface area contributed by atoms with E-state index in [2.05, 4.69) is 20.6 Å². The maximum absolute atomic E-state index is 12.9. The highest BCUT2D eigenvalue weighted by atomic mass is 19.4. The van der Waals surface area contributed by atoms with E-state index in [-0.39, 0.29) is 29.6 Å². The first-order valence-corrected chi connectivity index (χ1v) is 8.10. The van der Waals surface area contributed by atoms with Gasteiger partial charge >= 0.3 is 6.18 Å². The maximum Gasteiger partial charge on any atom is 0.416 e. The Hall–Kier alpha value is -3.49. The first kappa shape index (κ1) is 19.3. The lowest BCUT2D eigenvalue weighted by Crippen LogP contribution is -2.24. The molecule has 2 N–H and O–H groups in total. The predicted octanol–water partition coefficient (Wildman–Crippen LogP) is 4.31. The molecule has 2 aromatic carbocycles. The summed E-state index contributed by atoms with van der Waals surface area (Å²) in [7, 11) is 0. The molecule has 5 nitrogen and oxygen atoms in total. The van der Waals surface area contributed by atoms with Crippen molar-refractivity contribution in [2.45, 2.75) is 12.7 Å². The summed E-state index contributed by atoms with van der Waals surface area (Å²) in [6.07, 6.45) is -3.34. The Morgan fingerprint density at radius 3 is 2.46 bits per heavy atom. The summed E-state index contributed by atoms with van der Waals surface area (Å²) in [5, 5.41) is 5.35. The summed E-state index contributed by atoms with van der Waals surface area (Å²) in [6, 6.07) is 11.6. The SMILES string of the molecule is O=C(NCc1ccc(F)cc1)c1cc(Nc2cccc(C(F)(F)F)c2)ncn1. The molecule has 144 valence electrons. The van der Waals surface area contributed by atoms with Crippen LogP contribution in [0.5, 0.6) is 0 Å². The van der Waals surface area contributed by atoms with E-state index in [1.807, 2.05) is 0 Å². The summed E-state index contributed by atoms with van der Waals surface area (Å²) < 4.78 is 51.3. The largest absolute Gasteiger partial charge is 0.416 e. The zero-order valence-electron chi connectivity index (χ0n) is 14.3. The highest BCUT2D eigenvalue weighted by molar-refractivity contribution is 5.92. The van der Waals surface area contributed by atoms with Gasteiger partial charge in [-0.1, -0.05) is 18.2 Å². The molecule has 0 unspecified atom stereocenters. The molecule has 0 atom stereocenters. The smallest absolute Gasteiger partial charge is 0.347 e. The van der Waals surface area contributed by atoms with Crippen LogP contribution in [0, 0.1) is 5.82 Å². The van der Waals surface area contributed by atoms with Crippen molar-refractivity contribution in [3.8, 4) is 0 Å². The second-order valence-electron chi connectivity index (χ2n) is 5.80. The van der Waals surface area contributed by atoms with Crippen molar-refractivity contribution in [1.29, 1.82) is 0 Å². The van der Waals surface area contributed by atoms with E-state index in [9.17, 15) is 22.4 Å². The number of nitrogens with zero attached hydrogens (tertiary/aromatic N) is 2. The normalized spacial score (nSPS) is 11.1. The topological polar surface area (TPSA) is 66.9 Å². The Kier molecular flexibility index (Phi) is 5.53. The lowest BCUT2D eigenvalue weighted by Gasteiger charge is -2.10. The second kappa shape index (κ2) is 8.03. The van der Waals surface area contributed by atoms with Crippen molar-refractivity contribution in [1.82, 2.24) is 15.3 Å². The number of alkyl halides is 3. The van der Waals surface area contributed by atoms with Gasteiger partial charge in [0.05, 0.1) is 5.56 Å². The molecule has 0 radical (unpaired) electrons. The van der Waals surface area contributed by atoms with Crippen LogP contribution in [-0.2, 0) is 12.7 Å². The van der Waals surface area contributed by atoms with E-state index in [1.54, 1.807) is 0 Å². The average Bonchev–Trinajstić information content (AvgIpc) is 2.67. The number of hydrogen-bond acceptors (Lipinski definition) is 4. The van der Waals surface area contributed by atoms with Crippen LogP contribution in [0.4, 0.5) is 29.1 Å². The summed E-state index contributed by atoms with van der Waals surface area (Å²) in [6.45, 7) is 0.166. The van der Waals surface area contributed by atoms with Gasteiger partial charge in [-0.3, -0.25) is 4.79 Å². The van der Waals surface area contributed by atoms with E-state index >= 15 is 0 Å². The minimum absolute atomic E-state index is 0.0339. The van der Waals surface area contributed by atoms with Gasteiger partial charge in [0.1, 0.15) is 23.7 Å². The average molecular weight is 390 g/mol. The van der Waals surface area contributed by atoms with Crippen LogP contribution < -0.4 is 10.6 Å². The molecule has 0 aliphatic rings. The number of aromatic nitrogens is 2. The van der Waals surface area contributed by atoms with Crippen molar-refractivity contribution in [3.05, 3.63) is 83.6 Å². The van der Waals surface area contributed by atoms with Crippen molar-refractivity contribution in [2.75, 3.05) is 5.32 Å². The quantitative estimate of drug-likeness (QED) is 0.638. The van der Waals surface area contributed by atoms with Gasteiger partial charge in [-0.2, -0.15) is 13.2 Å². The summed E-state index contributed by atoms with van der Waals surface area (Å²) in [4.78, 5) is 20.0. The molecule has 0 spiro atoms. The van der Waals surface area contributed by atoms with Crippen molar-refractivity contribution in [3.63, 3.8) is 0 Å². The number of benzene rings is 2. The highest BCUT2D eigenvalue weighted by Gasteiger charge is 2.30. The minimum atomic E-state index is -4.46. The molecular formula is C19H14F4N4O. The Morgan fingerprint density at radius 2 is 1.75 bits per heavy atom. The predicted molar refractivity (Wildman–Crippen MR) is 94.3 cm³/mol. The van der Waals surface area contributed by atoms with Gasteiger partial charge < -0.3 is 10.6 Å². The molecular weight excluding hydrogens is 376 g/mol. The zero-order chi connectivity index (χ0) is 20.1. The number of rotatable bonds is 5. The van der Waals surface area contributed by atoms with E-state index in [0.717, 1.165) is 18.5 Å². The van der Waals surface area contributed by atoms with Crippen LogP contribution in [0.1, 0.15) is 21.6 Å². The maximum atomic E-state index is 12.9.